The zero-order valence-corrected chi connectivity index (χ0v) is 16.9. The predicted octanol–water partition coefficient (Wildman–Crippen LogP) is 5.71. The van der Waals surface area contributed by atoms with Gasteiger partial charge in [-0.1, -0.05) is 66.2 Å². The number of rotatable bonds is 2. The molecule has 1 aliphatic carbocycles. The Morgan fingerprint density at radius 2 is 1.60 bits per heavy atom. The van der Waals surface area contributed by atoms with Crippen LogP contribution in [0.1, 0.15) is 22.4 Å². The standard InChI is InChI=1S/C18H13N.C9H10N2/c1-13-9-11-14(12-10-13)19-17-7-3-2-5-15(17)16-6-4-8-18(16)19;1-2-4-8(5-3-1)9-6-7-10-11-9/h2-3,5-12H,1H3;1-6,10-11H,7H2. The molecule has 1 aromatic heterocycles. The van der Waals surface area contributed by atoms with Crippen molar-refractivity contribution in [1.29, 1.82) is 0 Å². The number of para-hydroxylation sites is 1. The summed E-state index contributed by atoms with van der Waals surface area (Å²) in [6.07, 6.45) is 6.27. The highest BCUT2D eigenvalue weighted by Gasteiger charge is 2.16. The average Bonchev–Trinajstić information content (AvgIpc) is 3.54. The van der Waals surface area contributed by atoms with Crippen molar-refractivity contribution in [3.8, 4) is 5.69 Å². The topological polar surface area (TPSA) is 29.0 Å². The lowest BCUT2D eigenvalue weighted by Gasteiger charge is -2.08. The van der Waals surface area contributed by atoms with Gasteiger partial charge in [0.05, 0.1) is 16.9 Å². The van der Waals surface area contributed by atoms with Crippen LogP contribution in [0.2, 0.25) is 0 Å². The van der Waals surface area contributed by atoms with Gasteiger partial charge in [-0.3, -0.25) is 0 Å². The fourth-order valence-corrected chi connectivity index (χ4v) is 3.91. The lowest BCUT2D eigenvalue weighted by molar-refractivity contribution is 0.738. The van der Waals surface area contributed by atoms with Gasteiger partial charge in [0.25, 0.3) is 0 Å². The summed E-state index contributed by atoms with van der Waals surface area (Å²) < 4.78 is 2.31. The monoisotopic (exact) mass is 389 g/mol. The van der Waals surface area contributed by atoms with E-state index in [4.69, 9.17) is 0 Å². The van der Waals surface area contributed by atoms with Gasteiger partial charge < -0.3 is 9.99 Å². The Kier molecular flexibility index (Phi) is 4.82. The Hall–Kier alpha value is -3.78. The van der Waals surface area contributed by atoms with Crippen molar-refractivity contribution in [3.63, 3.8) is 0 Å². The van der Waals surface area contributed by atoms with E-state index in [1.54, 1.807) is 0 Å². The van der Waals surface area contributed by atoms with Gasteiger partial charge in [0.1, 0.15) is 0 Å². The Labute approximate surface area is 176 Å². The van der Waals surface area contributed by atoms with Gasteiger partial charge in [0, 0.05) is 29.3 Å². The summed E-state index contributed by atoms with van der Waals surface area (Å²) >= 11 is 0. The van der Waals surface area contributed by atoms with Gasteiger partial charge in [-0.2, -0.15) is 0 Å². The van der Waals surface area contributed by atoms with E-state index in [2.05, 4.69) is 107 Å². The lowest BCUT2D eigenvalue weighted by atomic mass is 10.1. The minimum absolute atomic E-state index is 0.907. The molecule has 0 unspecified atom stereocenters. The molecule has 4 aromatic rings. The van der Waals surface area contributed by atoms with Crippen molar-refractivity contribution >= 4 is 28.8 Å². The van der Waals surface area contributed by atoms with Crippen molar-refractivity contribution in [3.05, 3.63) is 113 Å². The Morgan fingerprint density at radius 1 is 0.833 bits per heavy atom. The summed E-state index contributed by atoms with van der Waals surface area (Å²) in [6, 6.07) is 27.5. The minimum atomic E-state index is 0.907. The molecule has 0 fully saturated rings. The molecular formula is C27H23N3. The molecule has 30 heavy (non-hydrogen) atoms. The number of aromatic nitrogens is 1. The third kappa shape index (κ3) is 3.37. The second kappa shape index (κ2) is 7.92. The molecule has 3 nitrogen and oxygen atoms in total. The summed E-state index contributed by atoms with van der Waals surface area (Å²) in [4.78, 5) is 0. The Balaban J connectivity index is 0.000000149. The molecule has 6 rings (SSSR count). The van der Waals surface area contributed by atoms with Crippen molar-refractivity contribution < 1.29 is 0 Å². The number of aryl methyl sites for hydroxylation is 1. The molecule has 1 aliphatic heterocycles. The van der Waals surface area contributed by atoms with E-state index < -0.39 is 0 Å². The predicted molar refractivity (Wildman–Crippen MR) is 126 cm³/mol. The van der Waals surface area contributed by atoms with Crippen molar-refractivity contribution in [1.82, 2.24) is 15.4 Å². The summed E-state index contributed by atoms with van der Waals surface area (Å²) in [5.41, 5.74) is 18.0. The highest BCUT2D eigenvalue weighted by molar-refractivity contribution is 5.97. The van der Waals surface area contributed by atoms with E-state index >= 15 is 0 Å². The number of nitrogens with one attached hydrogen (secondary N) is 2. The fourth-order valence-electron chi connectivity index (χ4n) is 3.91. The van der Waals surface area contributed by atoms with Crippen LogP contribution in [0, 0.1) is 6.92 Å². The van der Waals surface area contributed by atoms with Crippen LogP contribution in [0.5, 0.6) is 0 Å². The van der Waals surface area contributed by atoms with E-state index in [0.29, 0.717) is 0 Å². The summed E-state index contributed by atoms with van der Waals surface area (Å²) in [5.74, 6) is 0. The van der Waals surface area contributed by atoms with Crippen molar-refractivity contribution in [2.24, 2.45) is 0 Å². The second-order valence-electron chi connectivity index (χ2n) is 7.43. The van der Waals surface area contributed by atoms with E-state index in [1.165, 1.54) is 44.7 Å². The maximum absolute atomic E-state index is 3.21. The van der Waals surface area contributed by atoms with Gasteiger partial charge in [-0.25, -0.2) is 5.43 Å². The number of nitrogens with zero attached hydrogens (tertiary/aromatic N) is 1. The number of hydrogen-bond donors (Lipinski definition) is 2. The largest absolute Gasteiger partial charge is 0.321 e. The van der Waals surface area contributed by atoms with Crippen LogP contribution < -0.4 is 10.9 Å². The summed E-state index contributed by atoms with van der Waals surface area (Å²) in [7, 11) is 0. The highest BCUT2D eigenvalue weighted by Crippen LogP contribution is 2.33. The Morgan fingerprint density at radius 3 is 2.37 bits per heavy atom. The van der Waals surface area contributed by atoms with Crippen LogP contribution in [-0.2, 0) is 0 Å². The first-order valence-electron chi connectivity index (χ1n) is 10.2. The number of benzene rings is 3. The third-order valence-electron chi connectivity index (χ3n) is 5.41. The first-order valence-corrected chi connectivity index (χ1v) is 10.2. The molecule has 146 valence electrons. The molecule has 0 radical (unpaired) electrons. The molecule has 0 bridgehead atoms. The van der Waals surface area contributed by atoms with E-state index in [1.807, 2.05) is 18.2 Å². The zero-order valence-electron chi connectivity index (χ0n) is 16.9. The van der Waals surface area contributed by atoms with Gasteiger partial charge in [-0.15, -0.1) is 5.73 Å². The maximum Gasteiger partial charge on any atom is 0.0624 e. The van der Waals surface area contributed by atoms with E-state index in [0.717, 1.165) is 6.54 Å². The number of hydrazine groups is 1. The molecule has 2 aliphatic rings. The van der Waals surface area contributed by atoms with Crippen LogP contribution in [0.15, 0.2) is 90.7 Å². The lowest BCUT2D eigenvalue weighted by Crippen LogP contribution is -2.22. The smallest absolute Gasteiger partial charge is 0.0624 e. The third-order valence-corrected chi connectivity index (χ3v) is 5.41. The van der Waals surface area contributed by atoms with Crippen LogP contribution in [0.25, 0.3) is 34.4 Å². The molecule has 0 saturated carbocycles. The molecular weight excluding hydrogens is 366 g/mol. The molecule has 0 spiro atoms. The first kappa shape index (κ1) is 18.3. The number of hydrogen-bond acceptors (Lipinski definition) is 2. The Bertz CT molecular complexity index is 1290. The van der Waals surface area contributed by atoms with E-state index in [-0.39, 0.29) is 0 Å². The van der Waals surface area contributed by atoms with Gasteiger partial charge in [0.2, 0.25) is 0 Å². The summed E-state index contributed by atoms with van der Waals surface area (Å²) in [6.45, 7) is 3.02. The number of fused-ring (bicyclic) bond motifs is 3. The van der Waals surface area contributed by atoms with Crippen LogP contribution in [0.4, 0.5) is 0 Å². The SMILES string of the molecule is C1=C(c2ccccc2)NNC1.Cc1ccc(-n2c3c(c4ccccc42)C=C=C3)cc1. The van der Waals surface area contributed by atoms with Gasteiger partial charge in [0.15, 0.2) is 0 Å². The summed E-state index contributed by atoms with van der Waals surface area (Å²) in [5, 5.41) is 1.29. The van der Waals surface area contributed by atoms with Crippen LogP contribution >= 0.6 is 0 Å². The van der Waals surface area contributed by atoms with E-state index in [9.17, 15) is 0 Å². The fraction of sp³-hybridized carbons (Fsp3) is 0.0741. The molecule has 0 saturated heterocycles. The maximum atomic E-state index is 3.21. The van der Waals surface area contributed by atoms with Crippen molar-refractivity contribution in [2.75, 3.05) is 6.54 Å². The zero-order chi connectivity index (χ0) is 20.3. The molecule has 2 heterocycles. The van der Waals surface area contributed by atoms with Crippen LogP contribution in [-0.4, -0.2) is 11.1 Å². The molecule has 0 atom stereocenters. The normalized spacial score (nSPS) is 13.6. The average molecular weight is 390 g/mol. The van der Waals surface area contributed by atoms with Crippen LogP contribution in [0.3, 0.4) is 0 Å². The van der Waals surface area contributed by atoms with Gasteiger partial charge >= 0.3 is 0 Å². The second-order valence-corrected chi connectivity index (χ2v) is 7.43. The van der Waals surface area contributed by atoms with Gasteiger partial charge in [-0.05, 0) is 42.8 Å². The minimum Gasteiger partial charge on any atom is -0.321 e. The molecule has 2 N–H and O–H groups in total. The van der Waals surface area contributed by atoms with Crippen molar-refractivity contribution in [2.45, 2.75) is 6.92 Å². The molecule has 3 aromatic carbocycles. The first-order chi connectivity index (χ1) is 14.8. The quantitative estimate of drug-likeness (QED) is 0.379. The molecule has 0 amide bonds. The highest BCUT2D eigenvalue weighted by atomic mass is 15.4. The molecule has 3 heteroatoms.